The van der Waals surface area contributed by atoms with Crippen LogP contribution in [-0.4, -0.2) is 54.5 Å². The summed E-state index contributed by atoms with van der Waals surface area (Å²) in [7, 11) is 1.65. The van der Waals surface area contributed by atoms with Crippen LogP contribution in [0.3, 0.4) is 0 Å². The highest BCUT2D eigenvalue weighted by molar-refractivity contribution is 5.91. The number of amides is 1. The summed E-state index contributed by atoms with van der Waals surface area (Å²) >= 11 is 0. The predicted molar refractivity (Wildman–Crippen MR) is 103 cm³/mol. The van der Waals surface area contributed by atoms with Crippen molar-refractivity contribution in [2.75, 3.05) is 38.2 Å². The fourth-order valence-electron chi connectivity index (χ4n) is 3.26. The average molecular weight is 366 g/mol. The summed E-state index contributed by atoms with van der Waals surface area (Å²) < 4.78 is 10.7. The maximum atomic E-state index is 12.3. The first-order chi connectivity index (χ1) is 13.2. The SMILES string of the molecule is COc1ccc2[nH]nc(N3CCN(C(=O)OCc4ccccc4)CC3)c2c1. The number of carbonyl (C=O) groups excluding carboxylic acids is 1. The summed E-state index contributed by atoms with van der Waals surface area (Å²) in [6, 6.07) is 15.6. The topological polar surface area (TPSA) is 70.7 Å². The van der Waals surface area contributed by atoms with Crippen LogP contribution in [0.1, 0.15) is 5.56 Å². The predicted octanol–water partition coefficient (Wildman–Crippen LogP) is 3.03. The van der Waals surface area contributed by atoms with E-state index in [2.05, 4.69) is 15.1 Å². The number of ether oxygens (including phenoxy) is 2. The average Bonchev–Trinajstić information content (AvgIpc) is 3.16. The van der Waals surface area contributed by atoms with Gasteiger partial charge < -0.3 is 19.3 Å². The lowest BCUT2D eigenvalue weighted by molar-refractivity contribution is 0.0941. The van der Waals surface area contributed by atoms with Gasteiger partial charge in [0.1, 0.15) is 12.4 Å². The highest BCUT2D eigenvalue weighted by Crippen LogP contribution is 2.28. The molecule has 0 bridgehead atoms. The van der Waals surface area contributed by atoms with Gasteiger partial charge in [-0.05, 0) is 23.8 Å². The van der Waals surface area contributed by atoms with Crippen LogP contribution in [0.5, 0.6) is 5.75 Å². The van der Waals surface area contributed by atoms with Crippen LogP contribution >= 0.6 is 0 Å². The van der Waals surface area contributed by atoms with Crippen molar-refractivity contribution in [1.29, 1.82) is 0 Å². The molecular formula is C20H22N4O3. The molecule has 0 atom stereocenters. The number of hydrogen-bond acceptors (Lipinski definition) is 5. The minimum absolute atomic E-state index is 0.271. The Morgan fingerprint density at radius 2 is 1.89 bits per heavy atom. The van der Waals surface area contributed by atoms with Crippen LogP contribution in [0.4, 0.5) is 10.6 Å². The molecule has 0 radical (unpaired) electrons. The van der Waals surface area contributed by atoms with Gasteiger partial charge in [-0.15, -0.1) is 0 Å². The Kier molecular flexibility index (Phi) is 4.82. The lowest BCUT2D eigenvalue weighted by Gasteiger charge is -2.34. The smallest absolute Gasteiger partial charge is 0.410 e. The summed E-state index contributed by atoms with van der Waals surface area (Å²) in [4.78, 5) is 16.2. The standard InChI is InChI=1S/C20H22N4O3/c1-26-16-7-8-18-17(13-16)19(22-21-18)23-9-11-24(12-10-23)20(25)27-14-15-5-3-2-4-6-15/h2-8,13H,9-12,14H2,1H3,(H,21,22). The Labute approximate surface area is 157 Å². The van der Waals surface area contributed by atoms with Gasteiger partial charge in [-0.3, -0.25) is 5.10 Å². The van der Waals surface area contributed by atoms with Crippen LogP contribution in [0.15, 0.2) is 48.5 Å². The lowest BCUT2D eigenvalue weighted by atomic mass is 10.2. The van der Waals surface area contributed by atoms with Crippen LogP contribution in [0.25, 0.3) is 10.9 Å². The minimum atomic E-state index is -0.271. The second-order valence-electron chi connectivity index (χ2n) is 6.47. The van der Waals surface area contributed by atoms with Gasteiger partial charge in [0.25, 0.3) is 0 Å². The van der Waals surface area contributed by atoms with E-state index in [1.165, 1.54) is 0 Å². The highest BCUT2D eigenvalue weighted by atomic mass is 16.6. The number of fused-ring (bicyclic) bond motifs is 1. The second-order valence-corrected chi connectivity index (χ2v) is 6.47. The molecule has 7 heteroatoms. The summed E-state index contributed by atoms with van der Waals surface area (Å²) in [5.74, 6) is 1.69. The second kappa shape index (κ2) is 7.57. The van der Waals surface area contributed by atoms with Crippen molar-refractivity contribution in [3.05, 3.63) is 54.1 Å². The number of methoxy groups -OCH3 is 1. The molecule has 1 fully saturated rings. The highest BCUT2D eigenvalue weighted by Gasteiger charge is 2.24. The number of nitrogens with one attached hydrogen (secondary N) is 1. The van der Waals surface area contributed by atoms with E-state index in [1.54, 1.807) is 12.0 Å². The van der Waals surface area contributed by atoms with Gasteiger partial charge in [0.2, 0.25) is 0 Å². The maximum absolute atomic E-state index is 12.3. The first-order valence-corrected chi connectivity index (χ1v) is 8.97. The molecule has 2 heterocycles. The molecule has 1 saturated heterocycles. The van der Waals surface area contributed by atoms with Crippen molar-refractivity contribution < 1.29 is 14.3 Å². The number of hydrogen-bond donors (Lipinski definition) is 1. The van der Waals surface area contributed by atoms with Gasteiger partial charge in [0.15, 0.2) is 5.82 Å². The number of H-pyrrole nitrogens is 1. The quantitative estimate of drug-likeness (QED) is 0.769. The van der Waals surface area contributed by atoms with E-state index in [4.69, 9.17) is 9.47 Å². The third-order valence-electron chi connectivity index (χ3n) is 4.79. The zero-order valence-corrected chi connectivity index (χ0v) is 15.2. The summed E-state index contributed by atoms with van der Waals surface area (Å²) in [6.45, 7) is 2.91. The van der Waals surface area contributed by atoms with Crippen molar-refractivity contribution in [1.82, 2.24) is 15.1 Å². The molecule has 1 amide bonds. The Morgan fingerprint density at radius 3 is 2.63 bits per heavy atom. The fourth-order valence-corrected chi connectivity index (χ4v) is 3.26. The van der Waals surface area contributed by atoms with Gasteiger partial charge in [-0.2, -0.15) is 5.10 Å². The van der Waals surface area contributed by atoms with E-state index in [-0.39, 0.29) is 6.09 Å². The van der Waals surface area contributed by atoms with E-state index in [0.29, 0.717) is 32.8 Å². The molecule has 1 aromatic heterocycles. The molecule has 0 aliphatic carbocycles. The van der Waals surface area contributed by atoms with Crippen molar-refractivity contribution >= 4 is 22.8 Å². The van der Waals surface area contributed by atoms with E-state index in [0.717, 1.165) is 28.0 Å². The minimum Gasteiger partial charge on any atom is -0.497 e. The van der Waals surface area contributed by atoms with E-state index >= 15 is 0 Å². The number of aromatic amines is 1. The largest absolute Gasteiger partial charge is 0.497 e. The third kappa shape index (κ3) is 3.67. The Hall–Kier alpha value is -3.22. The number of piperazine rings is 1. The van der Waals surface area contributed by atoms with Gasteiger partial charge in [-0.1, -0.05) is 30.3 Å². The molecule has 0 unspecified atom stereocenters. The van der Waals surface area contributed by atoms with Crippen molar-refractivity contribution in [2.24, 2.45) is 0 Å². The number of carbonyl (C=O) groups is 1. The Bertz CT molecular complexity index is 917. The van der Waals surface area contributed by atoms with Crippen LogP contribution < -0.4 is 9.64 Å². The van der Waals surface area contributed by atoms with Crippen molar-refractivity contribution in [3.63, 3.8) is 0 Å². The van der Waals surface area contributed by atoms with Gasteiger partial charge >= 0.3 is 6.09 Å². The molecule has 140 valence electrons. The van der Waals surface area contributed by atoms with E-state index < -0.39 is 0 Å². The van der Waals surface area contributed by atoms with Crippen molar-refractivity contribution in [2.45, 2.75) is 6.61 Å². The molecule has 0 spiro atoms. The van der Waals surface area contributed by atoms with Gasteiger partial charge in [-0.25, -0.2) is 4.79 Å². The van der Waals surface area contributed by atoms with Crippen molar-refractivity contribution in [3.8, 4) is 5.75 Å². The maximum Gasteiger partial charge on any atom is 0.410 e. The summed E-state index contributed by atoms with van der Waals surface area (Å²) in [5.41, 5.74) is 1.96. The number of rotatable bonds is 4. The number of nitrogens with zero attached hydrogens (tertiary/aromatic N) is 3. The first kappa shape index (κ1) is 17.2. The van der Waals surface area contributed by atoms with E-state index in [1.807, 2.05) is 48.5 Å². The molecule has 7 nitrogen and oxygen atoms in total. The van der Waals surface area contributed by atoms with Crippen LogP contribution in [0.2, 0.25) is 0 Å². The van der Waals surface area contributed by atoms with E-state index in [9.17, 15) is 4.79 Å². The lowest BCUT2D eigenvalue weighted by Crippen LogP contribution is -2.49. The monoisotopic (exact) mass is 366 g/mol. The van der Waals surface area contributed by atoms with Gasteiger partial charge in [0.05, 0.1) is 12.6 Å². The Balaban J connectivity index is 1.37. The fraction of sp³-hybridized carbons (Fsp3) is 0.300. The first-order valence-electron chi connectivity index (χ1n) is 8.97. The van der Waals surface area contributed by atoms with Crippen LogP contribution in [0, 0.1) is 0 Å². The molecule has 1 aliphatic rings. The zero-order valence-electron chi connectivity index (χ0n) is 15.2. The van der Waals surface area contributed by atoms with Crippen LogP contribution in [-0.2, 0) is 11.3 Å². The number of benzene rings is 2. The normalized spacial score (nSPS) is 14.4. The molecule has 4 rings (SSSR count). The molecule has 0 saturated carbocycles. The zero-order chi connectivity index (χ0) is 18.6. The number of anilines is 1. The van der Waals surface area contributed by atoms with Gasteiger partial charge in [0, 0.05) is 31.6 Å². The molecule has 27 heavy (non-hydrogen) atoms. The molecule has 1 N–H and O–H groups in total. The molecule has 3 aromatic rings. The Morgan fingerprint density at radius 1 is 1.11 bits per heavy atom. The summed E-state index contributed by atoms with van der Waals surface area (Å²) in [5, 5.41) is 8.53. The third-order valence-corrected chi connectivity index (χ3v) is 4.79. The molecule has 1 aliphatic heterocycles. The number of aromatic nitrogens is 2. The molecular weight excluding hydrogens is 344 g/mol. The summed E-state index contributed by atoms with van der Waals surface area (Å²) in [6.07, 6.45) is -0.271. The molecule has 2 aromatic carbocycles.